The number of carbonyl (C=O) groups excluding carboxylic acids is 3. The predicted molar refractivity (Wildman–Crippen MR) is 214 cm³/mol. The first-order valence-electron chi connectivity index (χ1n) is 20.3. The first-order chi connectivity index (χ1) is 27.1. The molecule has 4 aromatic carbocycles. The Bertz CT molecular complexity index is 2140. The standard InChI is InChI=1S/C46H50FN5O4/c1-30-2-13-39-33(26-30)7-14-38(31-3-8-35(47)9-4-31)43(39)32-5-10-36(11-6-32)50-20-18-46(56,19-21-50)29-49-22-24-51(25-23-49)37-12-15-40-34(27-37)28-52(45(40)55)41-16-17-42(53)48-44(41)54/h2-6,8-13,15,26-27,38,41,43,56H,7,14,16-25,28-29H2,1H3,(H,48,53,54)/t38-,41?,43+/m1/s1. The number of halogens is 1. The quantitative estimate of drug-likeness (QED) is 0.227. The Labute approximate surface area is 328 Å². The number of aliphatic hydroxyl groups is 1. The molecule has 3 atom stereocenters. The Kier molecular flexibility index (Phi) is 9.66. The summed E-state index contributed by atoms with van der Waals surface area (Å²) in [5, 5.41) is 14.1. The second-order valence-corrected chi connectivity index (χ2v) is 16.7. The molecule has 4 heterocycles. The average Bonchev–Trinajstić information content (AvgIpc) is 3.53. The molecule has 4 aliphatic heterocycles. The Morgan fingerprint density at radius 1 is 0.750 bits per heavy atom. The number of carbonyl (C=O) groups is 3. The summed E-state index contributed by atoms with van der Waals surface area (Å²) < 4.78 is 13.9. The zero-order valence-corrected chi connectivity index (χ0v) is 32.1. The third-order valence-electron chi connectivity index (χ3n) is 13.1. The van der Waals surface area contributed by atoms with Crippen molar-refractivity contribution in [2.45, 2.75) is 75.5 Å². The van der Waals surface area contributed by atoms with Crippen molar-refractivity contribution in [2.75, 3.05) is 55.6 Å². The van der Waals surface area contributed by atoms with Crippen LogP contribution >= 0.6 is 0 Å². The smallest absolute Gasteiger partial charge is 0.255 e. The van der Waals surface area contributed by atoms with Crippen molar-refractivity contribution >= 4 is 29.1 Å². The van der Waals surface area contributed by atoms with Gasteiger partial charge in [0.2, 0.25) is 11.8 Å². The minimum absolute atomic E-state index is 0.153. The molecule has 9 rings (SSSR count). The van der Waals surface area contributed by atoms with Gasteiger partial charge in [0.1, 0.15) is 11.9 Å². The third-order valence-corrected chi connectivity index (χ3v) is 13.1. The molecule has 1 aliphatic carbocycles. The largest absolute Gasteiger partial charge is 0.388 e. The lowest BCUT2D eigenvalue weighted by molar-refractivity contribution is -0.136. The highest BCUT2D eigenvalue weighted by Crippen LogP contribution is 2.47. The van der Waals surface area contributed by atoms with Crippen molar-refractivity contribution in [3.8, 4) is 0 Å². The van der Waals surface area contributed by atoms with E-state index in [0.29, 0.717) is 37.9 Å². The van der Waals surface area contributed by atoms with Gasteiger partial charge in [0.05, 0.1) is 5.60 Å². The number of hydrogen-bond donors (Lipinski definition) is 2. The van der Waals surface area contributed by atoms with Crippen molar-refractivity contribution in [2.24, 2.45) is 0 Å². The Balaban J connectivity index is 0.799. The number of nitrogens with zero attached hydrogens (tertiary/aromatic N) is 4. The fourth-order valence-corrected chi connectivity index (χ4v) is 10.00. The molecule has 10 heteroatoms. The van der Waals surface area contributed by atoms with E-state index in [-0.39, 0.29) is 35.9 Å². The topological polar surface area (TPSA) is 96.4 Å². The zero-order chi connectivity index (χ0) is 38.6. The second-order valence-electron chi connectivity index (χ2n) is 16.7. The number of imide groups is 1. The molecule has 3 saturated heterocycles. The minimum atomic E-state index is -0.738. The average molecular weight is 756 g/mol. The van der Waals surface area contributed by atoms with Crippen LogP contribution in [0.15, 0.2) is 84.9 Å². The molecule has 3 amide bonds. The summed E-state index contributed by atoms with van der Waals surface area (Å²) in [6, 6.07) is 28.3. The van der Waals surface area contributed by atoms with Gasteiger partial charge in [-0.2, -0.15) is 0 Å². The monoisotopic (exact) mass is 755 g/mol. The first kappa shape index (κ1) is 36.6. The molecule has 3 fully saturated rings. The maximum atomic E-state index is 13.9. The van der Waals surface area contributed by atoms with Gasteiger partial charge < -0.3 is 19.8 Å². The normalized spacial score (nSPS) is 23.9. The molecule has 4 aromatic rings. The Morgan fingerprint density at radius 3 is 2.18 bits per heavy atom. The molecule has 0 spiro atoms. The lowest BCUT2D eigenvalue weighted by Crippen LogP contribution is -2.55. The number of anilines is 2. The highest BCUT2D eigenvalue weighted by Gasteiger charge is 2.40. The van der Waals surface area contributed by atoms with Gasteiger partial charge in [0.25, 0.3) is 5.91 Å². The Morgan fingerprint density at radius 2 is 1.45 bits per heavy atom. The summed E-state index contributed by atoms with van der Waals surface area (Å²) in [6.45, 7) is 8.10. The predicted octanol–water partition coefficient (Wildman–Crippen LogP) is 5.91. The molecule has 0 aromatic heterocycles. The van der Waals surface area contributed by atoms with Crippen LogP contribution in [0.25, 0.3) is 0 Å². The molecular formula is C46H50FN5O4. The van der Waals surface area contributed by atoms with E-state index in [1.807, 2.05) is 24.3 Å². The molecule has 56 heavy (non-hydrogen) atoms. The Hall–Kier alpha value is -5.06. The maximum Gasteiger partial charge on any atom is 0.255 e. The van der Waals surface area contributed by atoms with Gasteiger partial charge in [0.15, 0.2) is 0 Å². The molecule has 2 N–H and O–H groups in total. The molecule has 0 radical (unpaired) electrons. The third kappa shape index (κ3) is 7.09. The number of amides is 3. The number of nitrogens with one attached hydrogen (secondary N) is 1. The molecular weight excluding hydrogens is 706 g/mol. The van der Waals surface area contributed by atoms with E-state index in [2.05, 4.69) is 75.5 Å². The molecule has 0 saturated carbocycles. The molecule has 290 valence electrons. The van der Waals surface area contributed by atoms with E-state index in [9.17, 15) is 23.9 Å². The zero-order valence-electron chi connectivity index (χ0n) is 32.1. The minimum Gasteiger partial charge on any atom is -0.388 e. The highest BCUT2D eigenvalue weighted by molar-refractivity contribution is 6.05. The van der Waals surface area contributed by atoms with Crippen LogP contribution in [-0.2, 0) is 22.6 Å². The van der Waals surface area contributed by atoms with E-state index in [4.69, 9.17) is 0 Å². The number of hydrogen-bond acceptors (Lipinski definition) is 7. The summed E-state index contributed by atoms with van der Waals surface area (Å²) in [5.41, 5.74) is 9.58. The highest BCUT2D eigenvalue weighted by atomic mass is 19.1. The van der Waals surface area contributed by atoms with Crippen LogP contribution in [-0.4, -0.2) is 90.1 Å². The SMILES string of the molecule is Cc1ccc2c(c1)CC[C@H](c1ccc(F)cc1)[C@@H]2c1ccc(N2CCC(O)(CN3CCN(c4ccc5c(c4)CN(C4CCC(=O)NC4=O)C5=O)CC3)CC2)cc1. The van der Waals surface area contributed by atoms with Gasteiger partial charge in [0, 0.05) is 81.6 Å². The number of piperidine rings is 2. The molecule has 5 aliphatic rings. The van der Waals surface area contributed by atoms with Crippen LogP contribution in [0.2, 0.25) is 0 Å². The number of aryl methyl sites for hydroxylation is 2. The van der Waals surface area contributed by atoms with E-state index in [1.165, 1.54) is 33.5 Å². The van der Waals surface area contributed by atoms with Crippen LogP contribution in [0.4, 0.5) is 15.8 Å². The number of benzene rings is 4. The number of β-amino-alcohol motifs (C(OH)–C–C–N with tert-alkyl or cyclic N) is 1. The number of fused-ring (bicyclic) bond motifs is 2. The van der Waals surface area contributed by atoms with Crippen molar-refractivity contribution in [3.63, 3.8) is 0 Å². The first-order valence-corrected chi connectivity index (χ1v) is 20.3. The summed E-state index contributed by atoms with van der Waals surface area (Å²) in [7, 11) is 0. The van der Waals surface area contributed by atoms with Gasteiger partial charge >= 0.3 is 0 Å². The molecule has 0 bridgehead atoms. The van der Waals surface area contributed by atoms with Crippen molar-refractivity contribution in [3.05, 3.63) is 130 Å². The fourth-order valence-electron chi connectivity index (χ4n) is 10.00. The summed E-state index contributed by atoms with van der Waals surface area (Å²) in [6.07, 6.45) is 4.06. The van der Waals surface area contributed by atoms with Crippen LogP contribution in [0.3, 0.4) is 0 Å². The van der Waals surface area contributed by atoms with E-state index in [1.54, 1.807) is 17.0 Å². The van der Waals surface area contributed by atoms with Gasteiger partial charge in [-0.15, -0.1) is 0 Å². The van der Waals surface area contributed by atoms with Crippen LogP contribution < -0.4 is 15.1 Å². The number of rotatable bonds is 7. The summed E-state index contributed by atoms with van der Waals surface area (Å²) in [5.74, 6) is -0.553. The van der Waals surface area contributed by atoms with Gasteiger partial charge in [-0.25, -0.2) is 4.39 Å². The van der Waals surface area contributed by atoms with Crippen molar-refractivity contribution in [1.29, 1.82) is 0 Å². The van der Waals surface area contributed by atoms with Gasteiger partial charge in [-0.1, -0.05) is 48.0 Å². The summed E-state index contributed by atoms with van der Waals surface area (Å²) >= 11 is 0. The van der Waals surface area contributed by atoms with E-state index in [0.717, 1.165) is 63.4 Å². The van der Waals surface area contributed by atoms with E-state index < -0.39 is 17.6 Å². The van der Waals surface area contributed by atoms with Crippen molar-refractivity contribution in [1.82, 2.24) is 15.1 Å². The number of piperazine rings is 1. The fraction of sp³-hybridized carbons (Fsp3) is 0.413. The molecule has 9 nitrogen and oxygen atoms in total. The van der Waals surface area contributed by atoms with Crippen molar-refractivity contribution < 1.29 is 23.9 Å². The van der Waals surface area contributed by atoms with E-state index >= 15 is 0 Å². The maximum absolute atomic E-state index is 13.9. The second kappa shape index (κ2) is 14.8. The molecule has 1 unspecified atom stereocenters. The lowest BCUT2D eigenvalue weighted by Gasteiger charge is -2.44. The lowest BCUT2D eigenvalue weighted by atomic mass is 9.69. The van der Waals surface area contributed by atoms with Gasteiger partial charge in [-0.3, -0.25) is 24.6 Å². The van der Waals surface area contributed by atoms with Crippen LogP contribution in [0, 0.1) is 12.7 Å². The summed E-state index contributed by atoms with van der Waals surface area (Å²) in [4.78, 5) is 46.0. The van der Waals surface area contributed by atoms with Crippen LogP contribution in [0.1, 0.15) is 87.7 Å². The van der Waals surface area contributed by atoms with Gasteiger partial charge in [-0.05, 0) is 115 Å². The van der Waals surface area contributed by atoms with Crippen LogP contribution in [0.5, 0.6) is 0 Å².